The Labute approximate surface area is 142 Å². The standard InChI is InChI=1S/C17H18N2O4S/c20-11(8-22-9-12-3-2-6-23-12)7-19-10-18-16-15(17(19)21)13-4-1-5-14(13)24-16/h2-3,6,10-11,20H,1,4-5,7-9H2/t11-/m1/s1. The van der Waals surface area contributed by atoms with E-state index in [9.17, 15) is 9.90 Å². The minimum Gasteiger partial charge on any atom is -0.467 e. The molecule has 24 heavy (non-hydrogen) atoms. The summed E-state index contributed by atoms with van der Waals surface area (Å²) in [6.45, 7) is 0.603. The summed E-state index contributed by atoms with van der Waals surface area (Å²) >= 11 is 1.62. The highest BCUT2D eigenvalue weighted by atomic mass is 32.1. The molecular weight excluding hydrogens is 328 g/mol. The Balaban J connectivity index is 1.46. The van der Waals surface area contributed by atoms with Crippen LogP contribution in [0.3, 0.4) is 0 Å². The number of ether oxygens (including phenoxy) is 1. The van der Waals surface area contributed by atoms with Crippen molar-refractivity contribution in [1.29, 1.82) is 0 Å². The van der Waals surface area contributed by atoms with Gasteiger partial charge in [-0.05, 0) is 37.0 Å². The second-order valence-electron chi connectivity index (χ2n) is 5.99. The Morgan fingerprint density at radius 1 is 1.46 bits per heavy atom. The van der Waals surface area contributed by atoms with Crippen LogP contribution in [-0.2, 0) is 30.7 Å². The molecule has 3 heterocycles. The van der Waals surface area contributed by atoms with Gasteiger partial charge < -0.3 is 14.3 Å². The summed E-state index contributed by atoms with van der Waals surface area (Å²) in [7, 11) is 0. The molecule has 0 aliphatic heterocycles. The first-order chi connectivity index (χ1) is 11.7. The molecule has 0 radical (unpaired) electrons. The third-order valence-corrected chi connectivity index (χ3v) is 5.43. The summed E-state index contributed by atoms with van der Waals surface area (Å²) in [5.74, 6) is 0.705. The summed E-state index contributed by atoms with van der Waals surface area (Å²) in [6, 6.07) is 3.60. The molecule has 0 saturated heterocycles. The van der Waals surface area contributed by atoms with Gasteiger partial charge in [0.15, 0.2) is 0 Å². The average molecular weight is 346 g/mol. The second-order valence-corrected chi connectivity index (χ2v) is 7.07. The lowest BCUT2D eigenvalue weighted by molar-refractivity contribution is 0.0142. The van der Waals surface area contributed by atoms with Crippen LogP contribution in [0.25, 0.3) is 10.2 Å². The van der Waals surface area contributed by atoms with Gasteiger partial charge in [0.2, 0.25) is 0 Å². The number of aryl methyl sites for hydroxylation is 2. The minimum absolute atomic E-state index is 0.0653. The molecule has 0 bridgehead atoms. The van der Waals surface area contributed by atoms with Gasteiger partial charge in [-0.1, -0.05) is 0 Å². The van der Waals surface area contributed by atoms with Crippen molar-refractivity contribution in [3.8, 4) is 0 Å². The molecular formula is C17H18N2O4S. The number of rotatable bonds is 6. The summed E-state index contributed by atoms with van der Waals surface area (Å²) in [5.41, 5.74) is 1.09. The number of furan rings is 1. The number of hydrogen-bond acceptors (Lipinski definition) is 6. The summed E-state index contributed by atoms with van der Waals surface area (Å²) in [4.78, 5) is 19.2. The van der Waals surface area contributed by atoms with Gasteiger partial charge in [0, 0.05) is 4.88 Å². The molecule has 1 aliphatic rings. The number of thiophene rings is 1. The summed E-state index contributed by atoms with van der Waals surface area (Å²) < 4.78 is 12.1. The van der Waals surface area contributed by atoms with E-state index in [0.29, 0.717) is 12.4 Å². The van der Waals surface area contributed by atoms with Crippen molar-refractivity contribution in [2.24, 2.45) is 0 Å². The lowest BCUT2D eigenvalue weighted by atomic mass is 10.2. The molecule has 1 aliphatic carbocycles. The molecule has 0 aromatic carbocycles. The number of aromatic nitrogens is 2. The highest BCUT2D eigenvalue weighted by Crippen LogP contribution is 2.34. The van der Waals surface area contributed by atoms with E-state index in [-0.39, 0.29) is 18.7 Å². The zero-order valence-electron chi connectivity index (χ0n) is 13.1. The first kappa shape index (κ1) is 15.6. The smallest absolute Gasteiger partial charge is 0.262 e. The van der Waals surface area contributed by atoms with Crippen molar-refractivity contribution in [2.45, 2.75) is 38.5 Å². The van der Waals surface area contributed by atoms with E-state index in [0.717, 1.165) is 35.0 Å². The average Bonchev–Trinajstić information content (AvgIpc) is 3.26. The van der Waals surface area contributed by atoms with Crippen LogP contribution >= 0.6 is 11.3 Å². The fraction of sp³-hybridized carbons (Fsp3) is 0.412. The van der Waals surface area contributed by atoms with Crippen molar-refractivity contribution >= 4 is 21.6 Å². The van der Waals surface area contributed by atoms with Gasteiger partial charge in [-0.3, -0.25) is 9.36 Å². The largest absolute Gasteiger partial charge is 0.467 e. The van der Waals surface area contributed by atoms with Crippen LogP contribution in [0, 0.1) is 0 Å². The Bertz CT molecular complexity index is 897. The third-order valence-electron chi connectivity index (χ3n) is 4.23. The van der Waals surface area contributed by atoms with Crippen LogP contribution in [0.4, 0.5) is 0 Å². The van der Waals surface area contributed by atoms with E-state index < -0.39 is 6.10 Å². The number of nitrogens with zero attached hydrogens (tertiary/aromatic N) is 2. The molecule has 1 atom stereocenters. The first-order valence-corrected chi connectivity index (χ1v) is 8.82. The summed E-state index contributed by atoms with van der Waals surface area (Å²) in [5, 5.41) is 10.9. The molecule has 3 aromatic rings. The van der Waals surface area contributed by atoms with E-state index in [4.69, 9.17) is 9.15 Å². The monoisotopic (exact) mass is 346 g/mol. The van der Waals surface area contributed by atoms with Crippen LogP contribution < -0.4 is 5.56 Å². The van der Waals surface area contributed by atoms with Crippen molar-refractivity contribution in [1.82, 2.24) is 9.55 Å². The van der Waals surface area contributed by atoms with Crippen LogP contribution in [0.1, 0.15) is 22.6 Å². The molecule has 0 unspecified atom stereocenters. The van der Waals surface area contributed by atoms with Gasteiger partial charge >= 0.3 is 0 Å². The summed E-state index contributed by atoms with van der Waals surface area (Å²) in [6.07, 6.45) is 5.42. The van der Waals surface area contributed by atoms with Gasteiger partial charge in [0.05, 0.1) is 37.2 Å². The normalized spacial score (nSPS) is 15.0. The Hall–Kier alpha value is -1.96. The zero-order chi connectivity index (χ0) is 16.5. The zero-order valence-corrected chi connectivity index (χ0v) is 13.9. The number of aliphatic hydroxyl groups is 1. The first-order valence-electron chi connectivity index (χ1n) is 8.00. The SMILES string of the molecule is O=c1c2c3c(sc2ncn1C[C@@H](O)COCc1ccco1)CCC3. The maximum atomic E-state index is 12.7. The molecule has 3 aromatic heterocycles. The van der Waals surface area contributed by atoms with Crippen LogP contribution in [0.15, 0.2) is 33.9 Å². The van der Waals surface area contributed by atoms with E-state index in [1.807, 2.05) is 6.07 Å². The van der Waals surface area contributed by atoms with Crippen molar-refractivity contribution in [2.75, 3.05) is 6.61 Å². The van der Waals surface area contributed by atoms with Crippen molar-refractivity contribution in [3.05, 3.63) is 51.3 Å². The molecule has 7 heteroatoms. The predicted octanol–water partition coefficient (Wildman–Crippen LogP) is 2.12. The van der Waals surface area contributed by atoms with Crippen molar-refractivity contribution < 1.29 is 14.3 Å². The molecule has 0 amide bonds. The number of hydrogen-bond donors (Lipinski definition) is 1. The topological polar surface area (TPSA) is 77.5 Å². The molecule has 126 valence electrons. The number of aliphatic hydroxyl groups excluding tert-OH is 1. The van der Waals surface area contributed by atoms with Crippen LogP contribution in [-0.4, -0.2) is 27.4 Å². The highest BCUT2D eigenvalue weighted by molar-refractivity contribution is 7.18. The predicted molar refractivity (Wildman–Crippen MR) is 90.3 cm³/mol. The fourth-order valence-corrected chi connectivity index (χ4v) is 4.34. The van der Waals surface area contributed by atoms with Gasteiger partial charge in [0.1, 0.15) is 17.2 Å². The van der Waals surface area contributed by atoms with E-state index in [2.05, 4.69) is 4.98 Å². The Morgan fingerprint density at radius 3 is 3.21 bits per heavy atom. The van der Waals surface area contributed by atoms with E-state index in [1.54, 1.807) is 23.7 Å². The molecule has 1 N–H and O–H groups in total. The van der Waals surface area contributed by atoms with Crippen molar-refractivity contribution in [3.63, 3.8) is 0 Å². The Kier molecular flexibility index (Phi) is 4.22. The van der Waals surface area contributed by atoms with Gasteiger partial charge in [0.25, 0.3) is 5.56 Å². The maximum absolute atomic E-state index is 12.7. The molecule has 6 nitrogen and oxygen atoms in total. The highest BCUT2D eigenvalue weighted by Gasteiger charge is 2.21. The second kappa shape index (κ2) is 6.51. The lowest BCUT2D eigenvalue weighted by Crippen LogP contribution is -2.29. The minimum atomic E-state index is -0.774. The Morgan fingerprint density at radius 2 is 2.38 bits per heavy atom. The molecule has 0 saturated carbocycles. The molecule has 0 fully saturated rings. The molecule has 0 spiro atoms. The fourth-order valence-electron chi connectivity index (χ4n) is 3.12. The maximum Gasteiger partial charge on any atom is 0.262 e. The quantitative estimate of drug-likeness (QED) is 0.740. The van der Waals surface area contributed by atoms with Gasteiger partial charge in [-0.2, -0.15) is 0 Å². The third kappa shape index (κ3) is 2.90. The molecule has 4 rings (SSSR count). The lowest BCUT2D eigenvalue weighted by Gasteiger charge is -2.12. The number of fused-ring (bicyclic) bond motifs is 3. The van der Waals surface area contributed by atoms with Gasteiger partial charge in [-0.25, -0.2) is 4.98 Å². The van der Waals surface area contributed by atoms with E-state index >= 15 is 0 Å². The van der Waals surface area contributed by atoms with E-state index in [1.165, 1.54) is 15.8 Å². The van der Waals surface area contributed by atoms with Crippen LogP contribution in [0.5, 0.6) is 0 Å². The van der Waals surface area contributed by atoms with Gasteiger partial charge in [-0.15, -0.1) is 11.3 Å². The van der Waals surface area contributed by atoms with Crippen LogP contribution in [0.2, 0.25) is 0 Å².